The number of hydrogen-bond donors (Lipinski definition) is 2. The average Bonchev–Trinajstić information content (AvgIpc) is 3.33. The Bertz CT molecular complexity index is 736. The average molecular weight is 457 g/mol. The predicted molar refractivity (Wildman–Crippen MR) is 107 cm³/mol. The van der Waals surface area contributed by atoms with Gasteiger partial charge >= 0.3 is 0 Å². The molecule has 1 aliphatic rings. The first kappa shape index (κ1) is 19.6. The summed E-state index contributed by atoms with van der Waals surface area (Å²) in [5.41, 5.74) is 1.29. The van der Waals surface area contributed by atoms with E-state index in [0.29, 0.717) is 18.1 Å². The van der Waals surface area contributed by atoms with E-state index in [-0.39, 0.29) is 54.1 Å². The van der Waals surface area contributed by atoms with Crippen LogP contribution in [0, 0.1) is 11.6 Å². The van der Waals surface area contributed by atoms with Gasteiger partial charge in [-0.1, -0.05) is 36.4 Å². The van der Waals surface area contributed by atoms with Gasteiger partial charge in [0, 0.05) is 24.1 Å². The molecule has 0 aromatic heterocycles. The van der Waals surface area contributed by atoms with Gasteiger partial charge in [-0.25, -0.2) is 13.8 Å². The van der Waals surface area contributed by atoms with Gasteiger partial charge in [0.05, 0.1) is 6.54 Å². The van der Waals surface area contributed by atoms with Crippen molar-refractivity contribution < 1.29 is 8.78 Å². The molecule has 2 unspecified atom stereocenters. The van der Waals surface area contributed by atoms with Crippen molar-refractivity contribution in [3.63, 3.8) is 0 Å². The molecule has 0 saturated heterocycles. The zero-order valence-corrected chi connectivity index (χ0v) is 16.3. The van der Waals surface area contributed by atoms with Crippen molar-refractivity contribution in [2.75, 3.05) is 6.54 Å². The second-order valence-corrected chi connectivity index (χ2v) is 5.90. The van der Waals surface area contributed by atoms with Gasteiger partial charge < -0.3 is 10.6 Å². The molecule has 25 heavy (non-hydrogen) atoms. The Morgan fingerprint density at radius 1 is 1.08 bits per heavy atom. The lowest BCUT2D eigenvalue weighted by Crippen LogP contribution is -2.39. The maximum atomic E-state index is 13.8. The molecule has 0 radical (unpaired) electrons. The molecule has 1 saturated carbocycles. The summed E-state index contributed by atoms with van der Waals surface area (Å²) in [4.78, 5) is 4.44. The minimum absolute atomic E-state index is 0. The van der Waals surface area contributed by atoms with Crippen molar-refractivity contribution in [2.24, 2.45) is 4.99 Å². The van der Waals surface area contributed by atoms with E-state index in [4.69, 9.17) is 0 Å². The molecule has 6 heteroatoms. The smallest absolute Gasteiger partial charge is 0.191 e. The third kappa shape index (κ3) is 5.14. The molecule has 0 bridgehead atoms. The van der Waals surface area contributed by atoms with Crippen LogP contribution in [0.1, 0.15) is 30.4 Å². The minimum Gasteiger partial charge on any atom is -0.357 e. The quantitative estimate of drug-likeness (QED) is 0.402. The Morgan fingerprint density at radius 2 is 1.76 bits per heavy atom. The third-order valence-corrected chi connectivity index (χ3v) is 4.13. The van der Waals surface area contributed by atoms with Crippen LogP contribution in [0.15, 0.2) is 53.5 Å². The number of guanidine groups is 1. The Morgan fingerprint density at radius 3 is 2.44 bits per heavy atom. The van der Waals surface area contributed by atoms with Crippen LogP contribution in [-0.2, 0) is 6.54 Å². The first-order chi connectivity index (χ1) is 11.7. The van der Waals surface area contributed by atoms with E-state index in [1.54, 1.807) is 24.3 Å². The van der Waals surface area contributed by atoms with Crippen molar-refractivity contribution in [3.05, 3.63) is 71.3 Å². The molecule has 3 rings (SSSR count). The minimum atomic E-state index is -0.257. The van der Waals surface area contributed by atoms with Gasteiger partial charge in [-0.3, -0.25) is 0 Å². The lowest BCUT2D eigenvalue weighted by atomic mass is 10.1. The molecule has 2 aromatic rings. The maximum Gasteiger partial charge on any atom is 0.191 e. The second kappa shape index (κ2) is 9.12. The fraction of sp³-hybridized carbons (Fsp3) is 0.316. The number of rotatable bonds is 5. The summed E-state index contributed by atoms with van der Waals surface area (Å²) < 4.78 is 27.5. The van der Waals surface area contributed by atoms with Crippen LogP contribution in [0.3, 0.4) is 0 Å². The number of halogens is 3. The molecule has 3 nitrogen and oxygen atoms in total. The Kier molecular flexibility index (Phi) is 7.16. The summed E-state index contributed by atoms with van der Waals surface area (Å²) in [6.07, 6.45) is 0.866. The van der Waals surface area contributed by atoms with E-state index < -0.39 is 0 Å². The lowest BCUT2D eigenvalue weighted by Gasteiger charge is -2.11. The van der Waals surface area contributed by atoms with E-state index in [2.05, 4.69) is 15.6 Å². The van der Waals surface area contributed by atoms with E-state index >= 15 is 0 Å². The molecule has 2 atom stereocenters. The number of nitrogens with zero attached hydrogens (tertiary/aromatic N) is 1. The summed E-state index contributed by atoms with van der Waals surface area (Å²) in [6, 6.07) is 13.6. The SMILES string of the molecule is CCNC(=NCc1ccccc1F)NC1CC1c1ccccc1F.I. The molecule has 0 heterocycles. The zero-order chi connectivity index (χ0) is 16.9. The van der Waals surface area contributed by atoms with Crippen LogP contribution in [-0.4, -0.2) is 18.5 Å². The fourth-order valence-corrected chi connectivity index (χ4v) is 2.76. The summed E-state index contributed by atoms with van der Waals surface area (Å²) in [6.45, 7) is 2.95. The normalized spacial score (nSPS) is 19.1. The highest BCUT2D eigenvalue weighted by Crippen LogP contribution is 2.41. The molecule has 134 valence electrons. The van der Waals surface area contributed by atoms with Crippen LogP contribution in [0.25, 0.3) is 0 Å². The molecule has 0 amide bonds. The van der Waals surface area contributed by atoms with Crippen LogP contribution in [0.5, 0.6) is 0 Å². The highest BCUT2D eigenvalue weighted by atomic mass is 127. The summed E-state index contributed by atoms with van der Waals surface area (Å²) in [7, 11) is 0. The van der Waals surface area contributed by atoms with Crippen LogP contribution in [0.4, 0.5) is 8.78 Å². The Labute approximate surface area is 164 Å². The molecule has 1 aliphatic carbocycles. The van der Waals surface area contributed by atoms with Crippen LogP contribution < -0.4 is 10.6 Å². The van der Waals surface area contributed by atoms with Crippen molar-refractivity contribution in [1.82, 2.24) is 10.6 Å². The van der Waals surface area contributed by atoms with Gasteiger partial charge in [0.25, 0.3) is 0 Å². The monoisotopic (exact) mass is 457 g/mol. The molecular formula is C19H22F2IN3. The van der Waals surface area contributed by atoms with Gasteiger partial charge in [-0.2, -0.15) is 0 Å². The lowest BCUT2D eigenvalue weighted by molar-refractivity contribution is 0.606. The topological polar surface area (TPSA) is 36.4 Å². The maximum absolute atomic E-state index is 13.8. The Hall–Kier alpha value is -1.70. The van der Waals surface area contributed by atoms with Gasteiger partial charge in [0.2, 0.25) is 0 Å². The van der Waals surface area contributed by atoms with E-state index in [9.17, 15) is 8.78 Å². The standard InChI is InChI=1S/C19H21F2N3.HI/c1-2-22-19(23-12-13-7-3-5-9-16(13)20)24-18-11-15(18)14-8-4-6-10-17(14)21;/h3-10,15,18H,2,11-12H2,1H3,(H2,22,23,24);1H. The molecule has 2 N–H and O–H groups in total. The molecule has 2 aromatic carbocycles. The largest absolute Gasteiger partial charge is 0.357 e. The second-order valence-electron chi connectivity index (χ2n) is 5.90. The number of nitrogens with one attached hydrogen (secondary N) is 2. The van der Waals surface area contributed by atoms with Crippen molar-refractivity contribution in [2.45, 2.75) is 31.8 Å². The number of benzene rings is 2. The highest BCUT2D eigenvalue weighted by Gasteiger charge is 2.40. The fourth-order valence-electron chi connectivity index (χ4n) is 2.76. The van der Waals surface area contributed by atoms with E-state index in [1.165, 1.54) is 12.1 Å². The van der Waals surface area contributed by atoms with Crippen molar-refractivity contribution in [1.29, 1.82) is 0 Å². The van der Waals surface area contributed by atoms with Crippen molar-refractivity contribution >= 4 is 29.9 Å². The predicted octanol–water partition coefficient (Wildman–Crippen LogP) is 4.19. The first-order valence-electron chi connectivity index (χ1n) is 8.21. The van der Waals surface area contributed by atoms with Gasteiger partial charge in [0.1, 0.15) is 11.6 Å². The number of hydrogen-bond acceptors (Lipinski definition) is 1. The first-order valence-corrected chi connectivity index (χ1v) is 8.21. The highest BCUT2D eigenvalue weighted by molar-refractivity contribution is 14.0. The molecule has 0 spiro atoms. The van der Waals surface area contributed by atoms with Crippen LogP contribution >= 0.6 is 24.0 Å². The third-order valence-electron chi connectivity index (χ3n) is 4.13. The van der Waals surface area contributed by atoms with E-state index in [1.807, 2.05) is 19.1 Å². The summed E-state index contributed by atoms with van der Waals surface area (Å²) >= 11 is 0. The molecular weight excluding hydrogens is 435 g/mol. The van der Waals surface area contributed by atoms with Gasteiger partial charge in [0.15, 0.2) is 5.96 Å². The Balaban J connectivity index is 0.00000225. The van der Waals surface area contributed by atoms with Crippen molar-refractivity contribution in [3.8, 4) is 0 Å². The van der Waals surface area contributed by atoms with Gasteiger partial charge in [-0.05, 0) is 31.0 Å². The summed E-state index contributed by atoms with van der Waals surface area (Å²) in [5.74, 6) is 0.362. The zero-order valence-electron chi connectivity index (χ0n) is 14.0. The number of aliphatic imine (C=N–C) groups is 1. The molecule has 0 aliphatic heterocycles. The van der Waals surface area contributed by atoms with Gasteiger partial charge in [-0.15, -0.1) is 24.0 Å². The van der Waals surface area contributed by atoms with Crippen LogP contribution in [0.2, 0.25) is 0 Å². The van der Waals surface area contributed by atoms with E-state index in [0.717, 1.165) is 12.0 Å². The molecule has 1 fully saturated rings. The summed E-state index contributed by atoms with van der Waals surface area (Å²) in [5, 5.41) is 6.46.